The zero-order valence-electron chi connectivity index (χ0n) is 13.4. The minimum absolute atomic E-state index is 0.185. The summed E-state index contributed by atoms with van der Waals surface area (Å²) in [6.45, 7) is 0.185. The van der Waals surface area contributed by atoms with Crippen molar-refractivity contribution in [2.45, 2.75) is 12.8 Å². The maximum absolute atomic E-state index is 11.4. The van der Waals surface area contributed by atoms with E-state index in [1.165, 1.54) is 0 Å². The van der Waals surface area contributed by atoms with Crippen LogP contribution >= 0.6 is 0 Å². The molecule has 0 bridgehead atoms. The van der Waals surface area contributed by atoms with Gasteiger partial charge in [-0.05, 0) is 36.6 Å². The van der Waals surface area contributed by atoms with Crippen LogP contribution in [0.2, 0.25) is 0 Å². The number of nitrogens with zero attached hydrogens (tertiary/aromatic N) is 3. The molecule has 7 nitrogen and oxygen atoms in total. The molecule has 0 fully saturated rings. The monoisotopic (exact) mass is 325 g/mol. The molecule has 3 rings (SSSR count). The van der Waals surface area contributed by atoms with Crippen LogP contribution in [-0.4, -0.2) is 39.4 Å². The van der Waals surface area contributed by atoms with Crippen molar-refractivity contribution in [3.8, 4) is 11.3 Å². The fraction of sp³-hybridized carbons (Fsp3) is 0.235. The highest BCUT2D eigenvalue weighted by atomic mass is 16.2. The van der Waals surface area contributed by atoms with Crippen LogP contribution in [0.15, 0.2) is 42.6 Å². The Bertz CT molecular complexity index is 859. The van der Waals surface area contributed by atoms with Gasteiger partial charge in [0.1, 0.15) is 0 Å². The number of imidazole rings is 1. The number of aliphatic hydroxyl groups is 1. The first-order chi connectivity index (χ1) is 11.7. The van der Waals surface area contributed by atoms with E-state index in [2.05, 4.69) is 26.8 Å². The Labute approximate surface area is 139 Å². The summed E-state index contributed by atoms with van der Waals surface area (Å²) < 4.78 is 1.64. The van der Waals surface area contributed by atoms with E-state index in [1.54, 1.807) is 17.8 Å². The minimum atomic E-state index is -0.324. The molecule has 0 saturated carbocycles. The fourth-order valence-electron chi connectivity index (χ4n) is 2.44. The zero-order chi connectivity index (χ0) is 16.9. The largest absolute Gasteiger partial charge is 0.396 e. The maximum Gasteiger partial charge on any atom is 0.320 e. The van der Waals surface area contributed by atoms with Gasteiger partial charge < -0.3 is 10.4 Å². The lowest BCUT2D eigenvalue weighted by Gasteiger charge is -2.05. The standard InChI is InChI=1S/C17H19N5O2/c1-18-17(24)20-15-11-22-16(19-15)8-7-14(21-22)13-6-2-4-12(10-13)5-3-9-23/h2,4,6-8,10-11,23H,3,5,9H2,1H3,(H2,18,20,24). The first-order valence-corrected chi connectivity index (χ1v) is 7.75. The van der Waals surface area contributed by atoms with Gasteiger partial charge in [-0.2, -0.15) is 5.10 Å². The summed E-state index contributed by atoms with van der Waals surface area (Å²) in [6.07, 6.45) is 3.24. The second-order valence-electron chi connectivity index (χ2n) is 5.38. The molecule has 3 aromatic rings. The molecule has 2 amide bonds. The number of aliphatic hydroxyl groups excluding tert-OH is 1. The molecule has 0 radical (unpaired) electrons. The van der Waals surface area contributed by atoms with Crippen LogP contribution in [0.4, 0.5) is 10.6 Å². The third-order valence-electron chi connectivity index (χ3n) is 3.64. The van der Waals surface area contributed by atoms with Crippen molar-refractivity contribution in [2.24, 2.45) is 0 Å². The summed E-state index contributed by atoms with van der Waals surface area (Å²) >= 11 is 0. The molecule has 3 N–H and O–H groups in total. The van der Waals surface area contributed by atoms with Crippen molar-refractivity contribution in [3.05, 3.63) is 48.2 Å². The molecule has 0 spiro atoms. The van der Waals surface area contributed by atoms with E-state index in [9.17, 15) is 4.79 Å². The molecule has 2 aromatic heterocycles. The quantitative estimate of drug-likeness (QED) is 0.670. The number of carbonyl (C=O) groups is 1. The van der Waals surface area contributed by atoms with Crippen LogP contribution in [0.25, 0.3) is 16.9 Å². The number of amides is 2. The van der Waals surface area contributed by atoms with Crippen molar-refractivity contribution in [2.75, 3.05) is 19.0 Å². The van der Waals surface area contributed by atoms with E-state index < -0.39 is 0 Å². The molecule has 0 saturated heterocycles. The Balaban J connectivity index is 1.88. The molecule has 0 aliphatic heterocycles. The van der Waals surface area contributed by atoms with Crippen LogP contribution in [0.3, 0.4) is 0 Å². The highest BCUT2D eigenvalue weighted by molar-refractivity contribution is 5.88. The average molecular weight is 325 g/mol. The Morgan fingerprint density at radius 1 is 1.29 bits per heavy atom. The topological polar surface area (TPSA) is 91.6 Å². The predicted molar refractivity (Wildman–Crippen MR) is 91.9 cm³/mol. The number of anilines is 1. The number of aromatic nitrogens is 3. The van der Waals surface area contributed by atoms with Crippen LogP contribution in [-0.2, 0) is 6.42 Å². The smallest absolute Gasteiger partial charge is 0.320 e. The highest BCUT2D eigenvalue weighted by Gasteiger charge is 2.07. The van der Waals surface area contributed by atoms with Crippen LogP contribution in [0, 0.1) is 0 Å². The van der Waals surface area contributed by atoms with Gasteiger partial charge >= 0.3 is 6.03 Å². The van der Waals surface area contributed by atoms with Gasteiger partial charge in [-0.3, -0.25) is 5.32 Å². The molecule has 2 heterocycles. The van der Waals surface area contributed by atoms with Crippen LogP contribution in [0.1, 0.15) is 12.0 Å². The third-order valence-corrected chi connectivity index (χ3v) is 3.64. The summed E-state index contributed by atoms with van der Waals surface area (Å²) in [5, 5.41) is 18.6. The van der Waals surface area contributed by atoms with Crippen molar-refractivity contribution < 1.29 is 9.90 Å². The summed E-state index contributed by atoms with van der Waals surface area (Å²) in [6, 6.07) is 11.5. The summed E-state index contributed by atoms with van der Waals surface area (Å²) in [4.78, 5) is 15.7. The number of hydrogen-bond donors (Lipinski definition) is 3. The molecule has 1 aromatic carbocycles. The Kier molecular flexibility index (Phi) is 4.72. The fourth-order valence-corrected chi connectivity index (χ4v) is 2.44. The Morgan fingerprint density at radius 3 is 2.96 bits per heavy atom. The molecule has 7 heteroatoms. The number of hydrogen-bond acceptors (Lipinski definition) is 4. The van der Waals surface area contributed by atoms with Gasteiger partial charge in [0.05, 0.1) is 11.9 Å². The first-order valence-electron chi connectivity index (χ1n) is 7.75. The number of carbonyl (C=O) groups excluding carboxylic acids is 1. The Hall–Kier alpha value is -2.93. The minimum Gasteiger partial charge on any atom is -0.396 e. The molecule has 0 unspecified atom stereocenters. The number of benzene rings is 1. The molecule has 0 aliphatic rings. The third kappa shape index (κ3) is 3.52. The van der Waals surface area contributed by atoms with Gasteiger partial charge in [0, 0.05) is 19.2 Å². The van der Waals surface area contributed by atoms with E-state index in [4.69, 9.17) is 5.11 Å². The number of nitrogens with one attached hydrogen (secondary N) is 2. The normalized spacial score (nSPS) is 10.8. The Morgan fingerprint density at radius 2 is 2.17 bits per heavy atom. The van der Waals surface area contributed by atoms with Crippen molar-refractivity contribution in [1.29, 1.82) is 0 Å². The van der Waals surface area contributed by atoms with E-state index in [1.807, 2.05) is 30.3 Å². The van der Waals surface area contributed by atoms with E-state index in [0.29, 0.717) is 11.5 Å². The number of rotatable bonds is 5. The van der Waals surface area contributed by atoms with E-state index in [0.717, 1.165) is 29.7 Å². The summed E-state index contributed by atoms with van der Waals surface area (Å²) in [5.41, 5.74) is 3.64. The summed E-state index contributed by atoms with van der Waals surface area (Å²) in [7, 11) is 1.55. The van der Waals surface area contributed by atoms with Gasteiger partial charge in [-0.15, -0.1) is 0 Å². The lowest BCUT2D eigenvalue weighted by molar-refractivity contribution is 0.254. The van der Waals surface area contributed by atoms with E-state index >= 15 is 0 Å². The van der Waals surface area contributed by atoms with Crippen molar-refractivity contribution >= 4 is 17.5 Å². The van der Waals surface area contributed by atoms with Gasteiger partial charge in [0.15, 0.2) is 11.5 Å². The summed E-state index contributed by atoms with van der Waals surface area (Å²) in [5.74, 6) is 0.440. The number of fused-ring (bicyclic) bond motifs is 1. The lowest BCUT2D eigenvalue weighted by Crippen LogP contribution is -2.24. The van der Waals surface area contributed by atoms with Gasteiger partial charge in [-0.1, -0.05) is 18.2 Å². The molecule has 0 aliphatic carbocycles. The highest BCUT2D eigenvalue weighted by Crippen LogP contribution is 2.20. The van der Waals surface area contributed by atoms with Crippen LogP contribution in [0.5, 0.6) is 0 Å². The zero-order valence-corrected chi connectivity index (χ0v) is 13.4. The molecular formula is C17H19N5O2. The van der Waals surface area contributed by atoms with Gasteiger partial charge in [0.25, 0.3) is 0 Å². The average Bonchev–Trinajstić information content (AvgIpc) is 3.01. The molecular weight excluding hydrogens is 306 g/mol. The molecule has 0 atom stereocenters. The maximum atomic E-state index is 11.4. The van der Waals surface area contributed by atoms with Crippen molar-refractivity contribution in [3.63, 3.8) is 0 Å². The molecule has 124 valence electrons. The number of aryl methyl sites for hydroxylation is 1. The number of urea groups is 1. The lowest BCUT2D eigenvalue weighted by atomic mass is 10.0. The second-order valence-corrected chi connectivity index (χ2v) is 5.38. The van der Waals surface area contributed by atoms with Crippen LogP contribution < -0.4 is 10.6 Å². The van der Waals surface area contributed by atoms with Gasteiger partial charge in [-0.25, -0.2) is 14.3 Å². The first kappa shape index (κ1) is 15.9. The second kappa shape index (κ2) is 7.10. The molecule has 24 heavy (non-hydrogen) atoms. The predicted octanol–water partition coefficient (Wildman–Crippen LogP) is 2.07. The van der Waals surface area contributed by atoms with Gasteiger partial charge in [0.2, 0.25) is 0 Å². The SMILES string of the molecule is CNC(=O)Nc1cn2nc(-c3cccc(CCCO)c3)ccc2n1. The van der Waals surface area contributed by atoms with Crippen molar-refractivity contribution in [1.82, 2.24) is 19.9 Å². The van der Waals surface area contributed by atoms with E-state index in [-0.39, 0.29) is 12.6 Å².